The Kier molecular flexibility index (Phi) is 5.34. The van der Waals surface area contributed by atoms with Crippen LogP contribution in [0.1, 0.15) is 5.56 Å². The minimum Gasteiger partial charge on any atom is -0.486 e. The number of thiazole rings is 1. The first kappa shape index (κ1) is 18.2. The molecule has 0 saturated carbocycles. The van der Waals surface area contributed by atoms with Gasteiger partial charge >= 0.3 is 0 Å². The summed E-state index contributed by atoms with van der Waals surface area (Å²) in [4.78, 5) is 5.12. The maximum absolute atomic E-state index is 14.3. The van der Waals surface area contributed by atoms with Crippen LogP contribution in [-0.2, 0) is 0 Å². The van der Waals surface area contributed by atoms with Crippen LogP contribution in [0.25, 0.3) is 11.3 Å². The molecule has 0 bridgehead atoms. The summed E-state index contributed by atoms with van der Waals surface area (Å²) in [6.07, 6.45) is 3.40. The van der Waals surface area contributed by atoms with Crippen LogP contribution in [0.15, 0.2) is 70.6 Å². The van der Waals surface area contributed by atoms with Gasteiger partial charge in [-0.3, -0.25) is 4.99 Å². The second kappa shape index (κ2) is 8.22. The van der Waals surface area contributed by atoms with Gasteiger partial charge in [0.25, 0.3) is 0 Å². The molecule has 28 heavy (non-hydrogen) atoms. The van der Waals surface area contributed by atoms with E-state index < -0.39 is 0 Å². The van der Waals surface area contributed by atoms with Gasteiger partial charge in [-0.25, -0.2) is 9.07 Å². The Bertz CT molecular complexity index is 1100. The largest absolute Gasteiger partial charge is 0.486 e. The molecule has 142 valence electrons. The lowest BCUT2D eigenvalue weighted by atomic mass is 10.1. The van der Waals surface area contributed by atoms with Gasteiger partial charge in [0.15, 0.2) is 11.5 Å². The summed E-state index contributed by atoms with van der Waals surface area (Å²) < 4.78 is 27.1. The molecule has 2 aromatic carbocycles. The summed E-state index contributed by atoms with van der Waals surface area (Å²) in [5.41, 5.74) is 1.95. The minimum absolute atomic E-state index is 0.307. The standard InChI is InChI=1S/C21H18FN3O2S/c1-2-9-23-21-25(18(14-28-21)16-5-3-4-6-17(16)22)24-13-15-7-8-19-20(12-15)27-11-10-26-19/h2-8,12-14H,1,9-11H2/b23-21?,24-13+. The molecule has 1 aliphatic heterocycles. The van der Waals surface area contributed by atoms with Gasteiger partial charge in [-0.05, 0) is 35.9 Å². The molecule has 2 heterocycles. The van der Waals surface area contributed by atoms with Gasteiger partial charge in [0.2, 0.25) is 4.80 Å². The van der Waals surface area contributed by atoms with E-state index in [9.17, 15) is 4.39 Å². The molecule has 0 radical (unpaired) electrons. The van der Waals surface area contributed by atoms with E-state index in [1.807, 2.05) is 23.6 Å². The van der Waals surface area contributed by atoms with Crippen LogP contribution in [-0.4, -0.2) is 30.6 Å². The fourth-order valence-corrected chi connectivity index (χ4v) is 3.62. The van der Waals surface area contributed by atoms with Gasteiger partial charge in [-0.2, -0.15) is 5.10 Å². The van der Waals surface area contributed by atoms with Crippen molar-refractivity contribution >= 4 is 17.6 Å². The molecule has 0 aliphatic carbocycles. The van der Waals surface area contributed by atoms with Crippen LogP contribution >= 0.6 is 11.3 Å². The summed E-state index contributed by atoms with van der Waals surface area (Å²) in [6, 6.07) is 12.2. The summed E-state index contributed by atoms with van der Waals surface area (Å²) in [7, 11) is 0. The van der Waals surface area contributed by atoms with E-state index in [0.29, 0.717) is 41.6 Å². The van der Waals surface area contributed by atoms with Crippen LogP contribution in [0.2, 0.25) is 0 Å². The maximum Gasteiger partial charge on any atom is 0.206 e. The molecular formula is C21H18FN3O2S. The molecule has 7 heteroatoms. The zero-order valence-electron chi connectivity index (χ0n) is 15.0. The van der Waals surface area contributed by atoms with E-state index in [2.05, 4.69) is 16.7 Å². The fraction of sp³-hybridized carbons (Fsp3) is 0.143. The van der Waals surface area contributed by atoms with Crippen molar-refractivity contribution in [3.05, 3.63) is 76.7 Å². The Balaban J connectivity index is 1.75. The molecular weight excluding hydrogens is 377 g/mol. The van der Waals surface area contributed by atoms with Gasteiger partial charge in [0.1, 0.15) is 19.0 Å². The highest BCUT2D eigenvalue weighted by atomic mass is 32.1. The number of benzene rings is 2. The lowest BCUT2D eigenvalue weighted by Gasteiger charge is -2.18. The van der Waals surface area contributed by atoms with Crippen LogP contribution in [0.4, 0.5) is 4.39 Å². The summed E-state index contributed by atoms with van der Waals surface area (Å²) in [5, 5.41) is 6.42. The van der Waals surface area contributed by atoms with Crippen LogP contribution in [0.5, 0.6) is 11.5 Å². The van der Waals surface area contributed by atoms with Crippen LogP contribution in [0, 0.1) is 5.82 Å². The Labute approximate surface area is 165 Å². The fourth-order valence-electron chi connectivity index (χ4n) is 2.78. The number of rotatable bonds is 5. The van der Waals surface area contributed by atoms with E-state index >= 15 is 0 Å². The highest BCUT2D eigenvalue weighted by Gasteiger charge is 2.13. The van der Waals surface area contributed by atoms with Crippen molar-refractivity contribution < 1.29 is 13.9 Å². The topological polar surface area (TPSA) is 48.1 Å². The van der Waals surface area contributed by atoms with Crippen LogP contribution < -0.4 is 14.3 Å². The maximum atomic E-state index is 14.3. The van der Waals surface area contributed by atoms with E-state index in [-0.39, 0.29) is 5.82 Å². The first-order chi connectivity index (χ1) is 13.8. The highest BCUT2D eigenvalue weighted by molar-refractivity contribution is 7.07. The van der Waals surface area contributed by atoms with E-state index in [1.165, 1.54) is 17.4 Å². The number of nitrogens with zero attached hydrogens (tertiary/aromatic N) is 3. The van der Waals surface area contributed by atoms with Crippen LogP contribution in [0.3, 0.4) is 0 Å². The van der Waals surface area contributed by atoms with Crippen molar-refractivity contribution in [1.82, 2.24) is 4.68 Å². The summed E-state index contributed by atoms with van der Waals surface area (Å²) >= 11 is 1.40. The zero-order valence-corrected chi connectivity index (χ0v) is 15.9. The van der Waals surface area contributed by atoms with Gasteiger partial charge in [0, 0.05) is 10.9 Å². The molecule has 1 aromatic heterocycles. The van der Waals surface area contributed by atoms with Crippen molar-refractivity contribution in [2.24, 2.45) is 10.1 Å². The van der Waals surface area contributed by atoms with Gasteiger partial charge in [-0.1, -0.05) is 18.2 Å². The third-order valence-corrected chi connectivity index (χ3v) is 4.93. The Morgan fingerprint density at radius 2 is 1.96 bits per heavy atom. The summed E-state index contributed by atoms with van der Waals surface area (Å²) in [5.74, 6) is 1.11. The van der Waals surface area contributed by atoms with E-state index in [4.69, 9.17) is 9.47 Å². The average Bonchev–Trinajstić information content (AvgIpc) is 3.13. The molecule has 5 nitrogen and oxygen atoms in total. The normalized spacial score (nSPS) is 13.8. The molecule has 1 aliphatic rings. The van der Waals surface area contributed by atoms with Crippen molar-refractivity contribution in [3.63, 3.8) is 0 Å². The molecule has 0 spiro atoms. The van der Waals surface area contributed by atoms with Gasteiger partial charge in [-0.15, -0.1) is 17.9 Å². The van der Waals surface area contributed by atoms with Crippen molar-refractivity contribution in [1.29, 1.82) is 0 Å². The second-order valence-electron chi connectivity index (χ2n) is 5.97. The first-order valence-corrected chi connectivity index (χ1v) is 9.65. The number of ether oxygens (including phenoxy) is 2. The Hall–Kier alpha value is -3.19. The smallest absolute Gasteiger partial charge is 0.206 e. The molecule has 0 unspecified atom stereocenters. The monoisotopic (exact) mass is 395 g/mol. The number of halogens is 1. The second-order valence-corrected chi connectivity index (χ2v) is 6.81. The molecule has 0 saturated heterocycles. The Morgan fingerprint density at radius 3 is 2.79 bits per heavy atom. The summed E-state index contributed by atoms with van der Waals surface area (Å²) in [6.45, 7) is 5.22. The number of aromatic nitrogens is 1. The molecule has 0 atom stereocenters. The number of fused-ring (bicyclic) bond motifs is 1. The first-order valence-electron chi connectivity index (χ1n) is 8.77. The van der Waals surface area contributed by atoms with E-state index in [0.717, 1.165) is 11.3 Å². The molecule has 4 rings (SSSR count). The highest BCUT2D eigenvalue weighted by Crippen LogP contribution is 2.30. The lowest BCUT2D eigenvalue weighted by Crippen LogP contribution is -2.15. The third-order valence-electron chi connectivity index (χ3n) is 4.08. The quantitative estimate of drug-likeness (QED) is 0.482. The molecule has 0 amide bonds. The lowest BCUT2D eigenvalue weighted by molar-refractivity contribution is 0.171. The zero-order chi connectivity index (χ0) is 19.3. The predicted octanol–water partition coefficient (Wildman–Crippen LogP) is 4.10. The Morgan fingerprint density at radius 1 is 1.14 bits per heavy atom. The molecule has 0 fully saturated rings. The van der Waals surface area contributed by atoms with Gasteiger partial charge < -0.3 is 9.47 Å². The van der Waals surface area contributed by atoms with Gasteiger partial charge in [0.05, 0.1) is 18.5 Å². The van der Waals surface area contributed by atoms with E-state index in [1.54, 1.807) is 35.2 Å². The average molecular weight is 395 g/mol. The van der Waals surface area contributed by atoms with Crippen molar-refractivity contribution in [2.45, 2.75) is 0 Å². The molecule has 0 N–H and O–H groups in total. The molecule has 3 aromatic rings. The SMILES string of the molecule is C=CCN=c1scc(-c2ccccc2F)n1/N=C/c1ccc2c(c1)OCCO2. The number of hydrogen-bond acceptors (Lipinski definition) is 5. The van der Waals surface area contributed by atoms with Crippen molar-refractivity contribution in [2.75, 3.05) is 19.8 Å². The van der Waals surface area contributed by atoms with Crippen molar-refractivity contribution in [3.8, 4) is 22.8 Å². The minimum atomic E-state index is -0.307. The third kappa shape index (κ3) is 3.75. The predicted molar refractivity (Wildman–Crippen MR) is 109 cm³/mol. The number of hydrogen-bond donors (Lipinski definition) is 0.